The highest BCUT2D eigenvalue weighted by atomic mass is 32.2. The molecule has 0 spiro atoms. The number of aliphatic hydroxyl groups is 1. The van der Waals surface area contributed by atoms with Crippen LogP contribution in [0.25, 0.3) is 0 Å². The van der Waals surface area contributed by atoms with Crippen LogP contribution < -0.4 is 10.6 Å². The van der Waals surface area contributed by atoms with Crippen LogP contribution in [-0.2, 0) is 49.5 Å². The third kappa shape index (κ3) is 20.4. The van der Waals surface area contributed by atoms with Gasteiger partial charge in [0.25, 0.3) is 10.1 Å². The molecule has 0 aliphatic heterocycles. The van der Waals surface area contributed by atoms with Gasteiger partial charge in [-0.3, -0.25) is 4.18 Å². The first-order valence-corrected chi connectivity index (χ1v) is 24.4. The number of hydrogen-bond donors (Lipinski definition) is 3. The lowest BCUT2D eigenvalue weighted by molar-refractivity contribution is 0.0453. The number of ether oxygens (including phenoxy) is 2. The lowest BCUT2D eigenvalue weighted by Gasteiger charge is -2.29. The molecule has 0 aliphatic carbocycles. The van der Waals surface area contributed by atoms with Crippen LogP contribution >= 0.6 is 0 Å². The number of carbonyl (C=O) groups excluding carboxylic acids is 2. The molecular formula is C55H72N2O8S. The van der Waals surface area contributed by atoms with E-state index in [1.807, 2.05) is 151 Å². The van der Waals surface area contributed by atoms with Gasteiger partial charge in [0, 0.05) is 12.1 Å². The fourth-order valence-corrected chi connectivity index (χ4v) is 8.64. The Morgan fingerprint density at radius 1 is 0.530 bits per heavy atom. The summed E-state index contributed by atoms with van der Waals surface area (Å²) < 4.78 is 43.5. The maximum Gasteiger partial charge on any atom is 0.407 e. The van der Waals surface area contributed by atoms with E-state index < -0.39 is 51.8 Å². The number of nitrogens with one attached hydrogen (secondary N) is 2. The highest BCUT2D eigenvalue weighted by Gasteiger charge is 2.31. The molecule has 5 aromatic rings. The van der Waals surface area contributed by atoms with E-state index in [1.165, 1.54) is 5.56 Å². The summed E-state index contributed by atoms with van der Waals surface area (Å²) in [4.78, 5) is 25.1. The number of aryl methyl sites for hydroxylation is 1. The monoisotopic (exact) mass is 921 g/mol. The number of hydrogen-bond acceptors (Lipinski definition) is 8. The van der Waals surface area contributed by atoms with E-state index in [0.717, 1.165) is 28.7 Å². The molecule has 6 atom stereocenters. The average molecular weight is 921 g/mol. The van der Waals surface area contributed by atoms with Crippen LogP contribution in [0.15, 0.2) is 150 Å². The number of alkyl carbamates (subject to hydrolysis) is 2. The summed E-state index contributed by atoms with van der Waals surface area (Å²) in [6, 6.07) is 45.8. The van der Waals surface area contributed by atoms with E-state index in [2.05, 4.69) is 22.8 Å². The van der Waals surface area contributed by atoms with Gasteiger partial charge >= 0.3 is 12.2 Å². The molecule has 11 heteroatoms. The largest absolute Gasteiger partial charge is 0.444 e. The van der Waals surface area contributed by atoms with Crippen LogP contribution in [-0.4, -0.2) is 61.2 Å². The lowest BCUT2D eigenvalue weighted by atomic mass is 9.90. The molecule has 2 amide bonds. The van der Waals surface area contributed by atoms with Crippen molar-refractivity contribution in [2.24, 2.45) is 11.8 Å². The highest BCUT2D eigenvalue weighted by Crippen LogP contribution is 2.26. The van der Waals surface area contributed by atoms with Crippen molar-refractivity contribution in [2.75, 3.05) is 0 Å². The summed E-state index contributed by atoms with van der Waals surface area (Å²) in [5.74, 6) is -0.0718. The van der Waals surface area contributed by atoms with E-state index in [0.29, 0.717) is 25.7 Å². The second kappa shape index (κ2) is 25.4. The molecule has 0 saturated heterocycles. The number of amides is 2. The van der Waals surface area contributed by atoms with Crippen LogP contribution in [0.1, 0.15) is 96.0 Å². The Labute approximate surface area is 394 Å². The number of rotatable bonds is 19. The third-order valence-corrected chi connectivity index (χ3v) is 12.1. The third-order valence-electron chi connectivity index (χ3n) is 10.8. The predicted molar refractivity (Wildman–Crippen MR) is 264 cm³/mol. The van der Waals surface area contributed by atoms with Crippen LogP contribution in [0.2, 0.25) is 0 Å². The molecule has 0 bridgehead atoms. The van der Waals surface area contributed by atoms with Gasteiger partial charge in [0.15, 0.2) is 0 Å². The molecule has 356 valence electrons. The molecule has 0 saturated carbocycles. The molecule has 10 nitrogen and oxygen atoms in total. The molecule has 66 heavy (non-hydrogen) atoms. The second-order valence-electron chi connectivity index (χ2n) is 19.3. The highest BCUT2D eigenvalue weighted by molar-refractivity contribution is 7.86. The summed E-state index contributed by atoms with van der Waals surface area (Å²) in [5, 5.41) is 16.7. The molecule has 0 radical (unpaired) electrons. The average Bonchev–Trinajstić information content (AvgIpc) is 3.23. The van der Waals surface area contributed by atoms with Crippen molar-refractivity contribution in [2.45, 2.75) is 141 Å². The van der Waals surface area contributed by atoms with Crippen LogP contribution in [0.3, 0.4) is 0 Å². The van der Waals surface area contributed by atoms with Crippen LogP contribution in [0.4, 0.5) is 9.59 Å². The Morgan fingerprint density at radius 2 is 0.879 bits per heavy atom. The standard InChI is InChI=1S/C31H39NO5S.C24H33NO3/c1-23-16-18-28(19-17-23)38(34,35)37-29(24(2)20-25-12-8-6-9-13-25)22-27(21-26-14-10-7-11-15-26)32-30(33)36-31(3,4)5;1-18(15-19-11-7-5-8-12-19)22(26)17-21(16-20-13-9-6-10-14-20)25-23(27)28-24(2,3)4/h6-19,24,27,29H,20-22H2,1-5H3,(H,32,33);5-14,18,21-22,26H,15-17H2,1-4H3,(H,25,27)/t24-,27-,29-;18-,21-,22-/m00/s1. The molecule has 5 rings (SSSR count). The molecule has 3 N–H and O–H groups in total. The zero-order valence-corrected chi connectivity index (χ0v) is 41.1. The fourth-order valence-electron chi connectivity index (χ4n) is 7.47. The fraction of sp³-hybridized carbons (Fsp3) is 0.418. The zero-order chi connectivity index (χ0) is 48.3. The quantitative estimate of drug-likeness (QED) is 0.0696. The van der Waals surface area contributed by atoms with Gasteiger partial charge in [0.1, 0.15) is 11.2 Å². The van der Waals surface area contributed by atoms with E-state index in [4.69, 9.17) is 13.7 Å². The first-order valence-electron chi connectivity index (χ1n) is 23.0. The SMILES string of the molecule is C[C@@H](Cc1ccccc1)[C@@H](O)C[C@H](Cc1ccccc1)NC(=O)OC(C)(C)C.Cc1ccc(S(=O)(=O)O[C@@H](C[C@H](Cc2ccccc2)NC(=O)OC(C)(C)C)[C@@H](C)Cc2ccccc2)cc1. The van der Waals surface area contributed by atoms with Crippen molar-refractivity contribution in [3.8, 4) is 0 Å². The van der Waals surface area contributed by atoms with Crippen molar-refractivity contribution >= 4 is 22.3 Å². The Balaban J connectivity index is 0.000000302. The Bertz CT molecular complexity index is 2280. The lowest BCUT2D eigenvalue weighted by Crippen LogP contribution is -2.43. The Morgan fingerprint density at radius 3 is 1.26 bits per heavy atom. The number of carbonyl (C=O) groups is 2. The van der Waals surface area contributed by atoms with Crippen molar-refractivity contribution in [3.05, 3.63) is 173 Å². The smallest absolute Gasteiger partial charge is 0.407 e. The number of benzene rings is 5. The summed E-state index contributed by atoms with van der Waals surface area (Å²) in [7, 11) is -4.03. The summed E-state index contributed by atoms with van der Waals surface area (Å²) in [6.45, 7) is 16.9. The van der Waals surface area contributed by atoms with Gasteiger partial charge in [-0.2, -0.15) is 8.42 Å². The van der Waals surface area contributed by atoms with Crippen molar-refractivity contribution in [3.63, 3.8) is 0 Å². The topological polar surface area (TPSA) is 140 Å². The Hall–Kier alpha value is -5.49. The van der Waals surface area contributed by atoms with E-state index in [1.54, 1.807) is 45.0 Å². The minimum absolute atomic E-state index is 0.0844. The normalized spacial score (nSPS) is 14.5. The van der Waals surface area contributed by atoms with Gasteiger partial charge in [0.05, 0.1) is 17.1 Å². The Kier molecular flexibility index (Phi) is 20.5. The van der Waals surface area contributed by atoms with Gasteiger partial charge in [-0.15, -0.1) is 0 Å². The van der Waals surface area contributed by atoms with Gasteiger partial charge in [-0.1, -0.05) is 153 Å². The molecule has 0 heterocycles. The summed E-state index contributed by atoms with van der Waals surface area (Å²) in [5.41, 5.74) is 4.17. The van der Waals surface area contributed by atoms with E-state index in [-0.39, 0.29) is 29.2 Å². The number of aliphatic hydroxyl groups excluding tert-OH is 1. The summed E-state index contributed by atoms with van der Waals surface area (Å²) >= 11 is 0. The van der Waals surface area contributed by atoms with Gasteiger partial charge in [0.2, 0.25) is 0 Å². The minimum Gasteiger partial charge on any atom is -0.444 e. The molecule has 0 aromatic heterocycles. The maximum atomic E-state index is 13.3. The molecule has 0 aliphatic rings. The molecule has 5 aromatic carbocycles. The van der Waals surface area contributed by atoms with Crippen molar-refractivity contribution < 1.29 is 36.8 Å². The van der Waals surface area contributed by atoms with Gasteiger partial charge < -0.3 is 25.2 Å². The van der Waals surface area contributed by atoms with Gasteiger partial charge in [-0.05, 0) is 133 Å². The minimum atomic E-state index is -4.03. The predicted octanol–water partition coefficient (Wildman–Crippen LogP) is 11.2. The maximum absolute atomic E-state index is 13.3. The first-order chi connectivity index (χ1) is 31.1. The summed E-state index contributed by atoms with van der Waals surface area (Å²) in [6.07, 6.45) is 1.12. The molecular weight excluding hydrogens is 849 g/mol. The van der Waals surface area contributed by atoms with Crippen molar-refractivity contribution in [1.82, 2.24) is 10.6 Å². The van der Waals surface area contributed by atoms with E-state index >= 15 is 0 Å². The van der Waals surface area contributed by atoms with Crippen LogP contribution in [0, 0.1) is 18.8 Å². The second-order valence-corrected chi connectivity index (χ2v) is 20.9. The van der Waals surface area contributed by atoms with E-state index in [9.17, 15) is 23.1 Å². The van der Waals surface area contributed by atoms with Crippen LogP contribution in [0.5, 0.6) is 0 Å². The van der Waals surface area contributed by atoms with Gasteiger partial charge in [-0.25, -0.2) is 9.59 Å². The molecule has 0 fully saturated rings. The van der Waals surface area contributed by atoms with Crippen molar-refractivity contribution in [1.29, 1.82) is 0 Å². The first kappa shape index (κ1) is 53.1. The molecule has 0 unspecified atom stereocenters. The zero-order valence-electron chi connectivity index (χ0n) is 40.3.